The van der Waals surface area contributed by atoms with Crippen molar-refractivity contribution in [3.63, 3.8) is 0 Å². The van der Waals surface area contributed by atoms with E-state index >= 15 is 0 Å². The lowest BCUT2D eigenvalue weighted by Gasteiger charge is -2.17. The fourth-order valence-corrected chi connectivity index (χ4v) is 3.14. The largest absolute Gasteiger partial charge is 0.310 e. The molecule has 0 N–H and O–H groups in total. The smallest absolute Gasteiger partial charge is 0.254 e. The number of benzene rings is 2. The highest BCUT2D eigenvalue weighted by molar-refractivity contribution is 5.95. The molecule has 0 spiro atoms. The minimum absolute atomic E-state index is 0.00472. The van der Waals surface area contributed by atoms with Gasteiger partial charge in [-0.1, -0.05) is 48.5 Å². The van der Waals surface area contributed by atoms with E-state index in [-0.39, 0.29) is 18.0 Å². The molecule has 25 heavy (non-hydrogen) atoms. The molecule has 5 heteroatoms. The Kier molecular flexibility index (Phi) is 3.90. The summed E-state index contributed by atoms with van der Waals surface area (Å²) in [5.41, 5.74) is 3.37. The first-order valence-corrected chi connectivity index (χ1v) is 8.22. The van der Waals surface area contributed by atoms with E-state index in [0.29, 0.717) is 12.2 Å². The molecule has 4 rings (SSSR count). The zero-order chi connectivity index (χ0) is 17.2. The third-order valence-electron chi connectivity index (χ3n) is 4.44. The molecule has 0 bridgehead atoms. The van der Waals surface area contributed by atoms with Crippen molar-refractivity contribution in [2.75, 3.05) is 11.4 Å². The molecule has 1 aromatic heterocycles. The van der Waals surface area contributed by atoms with Crippen molar-refractivity contribution in [2.24, 2.45) is 0 Å². The van der Waals surface area contributed by atoms with Gasteiger partial charge >= 0.3 is 0 Å². The number of anilines is 1. The first-order chi connectivity index (χ1) is 12.2. The van der Waals surface area contributed by atoms with E-state index in [9.17, 15) is 9.59 Å². The number of amides is 1. The fraction of sp³-hybridized carbons (Fsp3) is 0.150. The summed E-state index contributed by atoms with van der Waals surface area (Å²) in [6.07, 6.45) is 2.30. The highest BCUT2D eigenvalue weighted by Gasteiger charge is 2.24. The van der Waals surface area contributed by atoms with Gasteiger partial charge in [0.25, 0.3) is 5.56 Å². The van der Waals surface area contributed by atoms with Gasteiger partial charge in [-0.3, -0.25) is 14.2 Å². The maximum atomic E-state index is 12.6. The van der Waals surface area contributed by atoms with Gasteiger partial charge in [-0.15, -0.1) is 0 Å². The Morgan fingerprint density at radius 2 is 1.80 bits per heavy atom. The first kappa shape index (κ1) is 15.3. The van der Waals surface area contributed by atoms with E-state index in [4.69, 9.17) is 0 Å². The second-order valence-corrected chi connectivity index (χ2v) is 6.03. The number of hydrogen-bond donors (Lipinski definition) is 0. The number of carbonyl (C=O) groups is 1. The Bertz CT molecular complexity index is 979. The summed E-state index contributed by atoms with van der Waals surface area (Å²) < 4.78 is 1.36. The molecule has 1 amide bonds. The molecule has 3 aromatic rings. The van der Waals surface area contributed by atoms with Gasteiger partial charge < -0.3 is 4.90 Å². The van der Waals surface area contributed by atoms with Crippen molar-refractivity contribution in [3.8, 4) is 11.3 Å². The monoisotopic (exact) mass is 331 g/mol. The van der Waals surface area contributed by atoms with Gasteiger partial charge in [0, 0.05) is 23.9 Å². The highest BCUT2D eigenvalue weighted by Crippen LogP contribution is 2.27. The Labute approximate surface area is 145 Å². The van der Waals surface area contributed by atoms with Crippen LogP contribution in [0.2, 0.25) is 0 Å². The molecular formula is C20H17N3O2. The maximum absolute atomic E-state index is 12.6. The predicted octanol–water partition coefficient (Wildman–Crippen LogP) is 2.50. The van der Waals surface area contributed by atoms with Crippen LogP contribution in [0.15, 0.2) is 71.8 Å². The zero-order valence-corrected chi connectivity index (χ0v) is 13.6. The third-order valence-corrected chi connectivity index (χ3v) is 4.44. The number of nitrogens with zero attached hydrogens (tertiary/aromatic N) is 3. The Balaban J connectivity index is 1.56. The van der Waals surface area contributed by atoms with E-state index in [0.717, 1.165) is 17.7 Å². The van der Waals surface area contributed by atoms with Crippen molar-refractivity contribution >= 4 is 11.6 Å². The number of rotatable bonds is 3. The van der Waals surface area contributed by atoms with Crippen LogP contribution in [0.25, 0.3) is 11.3 Å². The van der Waals surface area contributed by atoms with Crippen molar-refractivity contribution in [3.05, 3.63) is 82.9 Å². The van der Waals surface area contributed by atoms with Gasteiger partial charge in [-0.2, -0.15) is 0 Å². The van der Waals surface area contributed by atoms with Crippen LogP contribution in [0, 0.1) is 0 Å². The Hall–Kier alpha value is -3.21. The minimum Gasteiger partial charge on any atom is -0.310 e. The standard InChI is InChI=1S/C20H17N3O2/c24-19-12-17(15-6-2-1-3-7-15)21-14-22(19)13-20(25)23-11-10-16-8-4-5-9-18(16)23/h1-9,12,14H,10-11,13H2. The minimum atomic E-state index is -0.227. The summed E-state index contributed by atoms with van der Waals surface area (Å²) in [4.78, 5) is 31.1. The summed E-state index contributed by atoms with van der Waals surface area (Å²) >= 11 is 0. The van der Waals surface area contributed by atoms with E-state index in [1.165, 1.54) is 22.5 Å². The predicted molar refractivity (Wildman–Crippen MR) is 96.4 cm³/mol. The quantitative estimate of drug-likeness (QED) is 0.741. The Morgan fingerprint density at radius 3 is 2.60 bits per heavy atom. The second-order valence-electron chi connectivity index (χ2n) is 6.03. The molecule has 2 heterocycles. The second kappa shape index (κ2) is 6.36. The molecule has 1 aliphatic rings. The summed E-state index contributed by atoms with van der Waals surface area (Å²) in [5, 5.41) is 0. The van der Waals surface area contributed by atoms with Crippen LogP contribution in [-0.2, 0) is 17.8 Å². The molecule has 2 aromatic carbocycles. The fourth-order valence-electron chi connectivity index (χ4n) is 3.14. The third kappa shape index (κ3) is 2.96. The van der Waals surface area contributed by atoms with Gasteiger partial charge in [0.05, 0.1) is 12.0 Å². The number of carbonyl (C=O) groups excluding carboxylic acids is 1. The normalized spacial score (nSPS) is 12.9. The van der Waals surface area contributed by atoms with Crippen LogP contribution in [0.1, 0.15) is 5.56 Å². The van der Waals surface area contributed by atoms with Crippen LogP contribution in [0.3, 0.4) is 0 Å². The zero-order valence-electron chi connectivity index (χ0n) is 13.6. The van der Waals surface area contributed by atoms with Crippen molar-refractivity contribution in [2.45, 2.75) is 13.0 Å². The van der Waals surface area contributed by atoms with E-state index in [1.54, 1.807) is 4.90 Å². The van der Waals surface area contributed by atoms with E-state index in [2.05, 4.69) is 4.98 Å². The SMILES string of the molecule is O=C(Cn1cnc(-c2ccccc2)cc1=O)N1CCc2ccccc21. The van der Waals surface area contributed by atoms with Crippen LogP contribution < -0.4 is 10.5 Å². The summed E-state index contributed by atoms with van der Waals surface area (Å²) in [6.45, 7) is 0.650. The summed E-state index contributed by atoms with van der Waals surface area (Å²) in [6, 6.07) is 18.9. The van der Waals surface area contributed by atoms with E-state index in [1.807, 2.05) is 54.6 Å². The molecular weight excluding hydrogens is 314 g/mol. The van der Waals surface area contributed by atoms with E-state index < -0.39 is 0 Å². The molecule has 5 nitrogen and oxygen atoms in total. The number of para-hydroxylation sites is 1. The summed E-state index contributed by atoms with van der Waals surface area (Å²) in [7, 11) is 0. The van der Waals surface area contributed by atoms with Gasteiger partial charge in [-0.05, 0) is 18.1 Å². The lowest BCUT2D eigenvalue weighted by Crippen LogP contribution is -2.35. The molecule has 0 aliphatic carbocycles. The molecule has 0 unspecified atom stereocenters. The van der Waals surface area contributed by atoms with Crippen LogP contribution in [-0.4, -0.2) is 22.0 Å². The molecule has 0 saturated heterocycles. The van der Waals surface area contributed by atoms with Gasteiger partial charge in [0.1, 0.15) is 6.54 Å². The maximum Gasteiger partial charge on any atom is 0.254 e. The van der Waals surface area contributed by atoms with Crippen LogP contribution in [0.5, 0.6) is 0 Å². The van der Waals surface area contributed by atoms with Crippen molar-refractivity contribution < 1.29 is 4.79 Å². The molecule has 0 fully saturated rings. The van der Waals surface area contributed by atoms with Crippen molar-refractivity contribution in [1.29, 1.82) is 0 Å². The number of hydrogen-bond acceptors (Lipinski definition) is 3. The first-order valence-electron chi connectivity index (χ1n) is 8.22. The molecule has 0 saturated carbocycles. The van der Waals surface area contributed by atoms with Crippen molar-refractivity contribution in [1.82, 2.24) is 9.55 Å². The topological polar surface area (TPSA) is 55.2 Å². The number of aromatic nitrogens is 2. The average Bonchev–Trinajstić information content (AvgIpc) is 3.08. The Morgan fingerprint density at radius 1 is 1.04 bits per heavy atom. The van der Waals surface area contributed by atoms with Crippen LogP contribution in [0.4, 0.5) is 5.69 Å². The molecule has 0 atom stereocenters. The lowest BCUT2D eigenvalue weighted by molar-refractivity contribution is -0.119. The summed E-state index contributed by atoms with van der Waals surface area (Å²) in [5.74, 6) is -0.0960. The van der Waals surface area contributed by atoms with Gasteiger partial charge in [-0.25, -0.2) is 4.98 Å². The number of fused-ring (bicyclic) bond motifs is 1. The highest BCUT2D eigenvalue weighted by atomic mass is 16.2. The van der Waals surface area contributed by atoms with Crippen LogP contribution >= 0.6 is 0 Å². The average molecular weight is 331 g/mol. The lowest BCUT2D eigenvalue weighted by atomic mass is 10.1. The van der Waals surface area contributed by atoms with Gasteiger partial charge in [0.2, 0.25) is 5.91 Å². The molecule has 1 aliphatic heterocycles. The molecule has 124 valence electrons. The van der Waals surface area contributed by atoms with Gasteiger partial charge in [0.15, 0.2) is 0 Å². The molecule has 0 radical (unpaired) electrons.